The highest BCUT2D eigenvalue weighted by Crippen LogP contribution is 2.59. The van der Waals surface area contributed by atoms with E-state index in [2.05, 4.69) is 0 Å². The predicted octanol–water partition coefficient (Wildman–Crippen LogP) is 2.51. The Hall–Kier alpha value is -3.70. The second kappa shape index (κ2) is 10.2. The Morgan fingerprint density at radius 2 is 1.73 bits per heavy atom. The van der Waals surface area contributed by atoms with Crippen molar-refractivity contribution in [3.8, 4) is 5.75 Å². The number of primary amides is 1. The van der Waals surface area contributed by atoms with Crippen molar-refractivity contribution in [2.24, 2.45) is 47.2 Å². The first-order chi connectivity index (χ1) is 21.2. The predicted molar refractivity (Wildman–Crippen MR) is 159 cm³/mol. The van der Waals surface area contributed by atoms with E-state index in [1.165, 1.54) is 44.3 Å². The molecule has 0 aromatic heterocycles. The first-order valence-corrected chi connectivity index (χ1v) is 15.9. The van der Waals surface area contributed by atoms with Gasteiger partial charge in [0.1, 0.15) is 28.9 Å². The van der Waals surface area contributed by atoms with Crippen LogP contribution in [0.3, 0.4) is 0 Å². The van der Waals surface area contributed by atoms with Gasteiger partial charge in [-0.15, -0.1) is 0 Å². The number of ketones is 2. The summed E-state index contributed by atoms with van der Waals surface area (Å²) in [7, 11) is 3.03. The zero-order chi connectivity index (χ0) is 32.3. The van der Waals surface area contributed by atoms with Gasteiger partial charge in [-0.1, -0.05) is 19.1 Å². The lowest BCUT2D eigenvalue weighted by Crippen LogP contribution is -2.71. The molecule has 240 valence electrons. The van der Waals surface area contributed by atoms with Gasteiger partial charge in [0.25, 0.3) is 5.91 Å². The van der Waals surface area contributed by atoms with E-state index in [0.29, 0.717) is 29.2 Å². The van der Waals surface area contributed by atoms with Crippen molar-refractivity contribution in [2.75, 3.05) is 14.1 Å². The lowest BCUT2D eigenvalue weighted by Gasteiger charge is -2.54. The van der Waals surface area contributed by atoms with Crippen molar-refractivity contribution in [2.45, 2.75) is 69.1 Å². The molecule has 6 aliphatic carbocycles. The molecule has 4 saturated carbocycles. The minimum Gasteiger partial charge on any atom is -0.508 e. The number of amides is 1. The summed E-state index contributed by atoms with van der Waals surface area (Å²) in [6.07, 6.45) is 4.39. The lowest BCUT2D eigenvalue weighted by atomic mass is 9.54. The van der Waals surface area contributed by atoms with Crippen LogP contribution in [0, 0.1) is 41.4 Å². The van der Waals surface area contributed by atoms with Crippen LogP contribution in [-0.2, 0) is 23.9 Å². The van der Waals surface area contributed by atoms with Crippen molar-refractivity contribution in [1.82, 2.24) is 4.90 Å². The highest BCUT2D eigenvalue weighted by Gasteiger charge is 2.69. The third kappa shape index (κ3) is 4.08. The number of Topliss-reactive ketones (excluding diaryl/α,β-unsaturated/α-hetero) is 2. The van der Waals surface area contributed by atoms with Crippen molar-refractivity contribution >= 4 is 29.2 Å². The first-order valence-electron chi connectivity index (χ1n) is 15.9. The summed E-state index contributed by atoms with van der Waals surface area (Å²) in [5.41, 5.74) is 1.73. The monoisotopic (exact) mass is 620 g/mol. The van der Waals surface area contributed by atoms with Gasteiger partial charge in [-0.05, 0) is 93.3 Å². The number of ether oxygens (including phenoxy) is 1. The van der Waals surface area contributed by atoms with Crippen molar-refractivity contribution in [3.05, 3.63) is 46.2 Å². The Labute approximate surface area is 260 Å². The fraction of sp³-hybridized carbons (Fsp3) is 0.588. The minimum atomic E-state index is -2.94. The van der Waals surface area contributed by atoms with Crippen LogP contribution in [0.5, 0.6) is 5.75 Å². The van der Waals surface area contributed by atoms with Crippen molar-refractivity contribution in [1.29, 1.82) is 0 Å². The maximum absolute atomic E-state index is 14.4. The van der Waals surface area contributed by atoms with Crippen LogP contribution in [0.1, 0.15) is 62.5 Å². The summed E-state index contributed by atoms with van der Waals surface area (Å²) in [6.45, 7) is 1.76. The van der Waals surface area contributed by atoms with E-state index < -0.39 is 76.0 Å². The number of rotatable bonds is 5. The van der Waals surface area contributed by atoms with E-state index in [1.54, 1.807) is 19.1 Å². The van der Waals surface area contributed by atoms with Crippen LogP contribution in [0.4, 0.5) is 0 Å². The van der Waals surface area contributed by atoms with Gasteiger partial charge in [0.05, 0.1) is 17.5 Å². The number of aliphatic hydroxyl groups is 3. The summed E-state index contributed by atoms with van der Waals surface area (Å²) in [5, 5.41) is 45.9. The van der Waals surface area contributed by atoms with Crippen LogP contribution in [0.2, 0.25) is 0 Å². The number of carbonyl (C=O) groups excluding carboxylic acids is 4. The van der Waals surface area contributed by atoms with Gasteiger partial charge >= 0.3 is 5.97 Å². The second-order valence-electron chi connectivity index (χ2n) is 14.6. The molecular formula is C34H40N2O9. The summed E-state index contributed by atoms with van der Waals surface area (Å²) in [5.74, 6) is -6.86. The molecule has 0 spiro atoms. The van der Waals surface area contributed by atoms with Crippen molar-refractivity contribution in [3.63, 3.8) is 0 Å². The number of fused-ring (bicyclic) bond motifs is 5. The zero-order valence-corrected chi connectivity index (χ0v) is 25.6. The molecule has 11 heteroatoms. The molecular weight excluding hydrogens is 580 g/mol. The Bertz CT molecular complexity index is 1590. The lowest BCUT2D eigenvalue weighted by molar-refractivity contribution is -0.186. The molecule has 0 aliphatic heterocycles. The number of aromatic hydroxyl groups is 1. The normalized spacial score (nSPS) is 39.9. The van der Waals surface area contributed by atoms with Gasteiger partial charge in [-0.3, -0.25) is 24.1 Å². The Balaban J connectivity index is 1.37. The van der Waals surface area contributed by atoms with E-state index in [-0.39, 0.29) is 29.2 Å². The number of aliphatic hydroxyl groups excluding tert-OH is 2. The van der Waals surface area contributed by atoms with Crippen LogP contribution in [0.15, 0.2) is 35.1 Å². The average Bonchev–Trinajstić information content (AvgIpc) is 3.19. The largest absolute Gasteiger partial charge is 0.508 e. The van der Waals surface area contributed by atoms with Gasteiger partial charge in [0.15, 0.2) is 11.4 Å². The quantitative estimate of drug-likeness (QED) is 0.242. The molecule has 1 amide bonds. The third-order valence-electron chi connectivity index (χ3n) is 12.1. The Kier molecular flexibility index (Phi) is 6.76. The highest BCUT2D eigenvalue weighted by molar-refractivity contribution is 6.24. The summed E-state index contributed by atoms with van der Waals surface area (Å²) < 4.78 is 6.29. The molecule has 7 rings (SSSR count). The smallest absolute Gasteiger partial charge is 0.306 e. The van der Waals surface area contributed by atoms with E-state index >= 15 is 0 Å². The fourth-order valence-electron chi connectivity index (χ4n) is 10.4. The highest BCUT2D eigenvalue weighted by atomic mass is 16.5. The van der Waals surface area contributed by atoms with Crippen LogP contribution < -0.4 is 5.73 Å². The standard InChI is InChI=1S/C34H40N2O9/c1-13-18-5-4-6-20(37)23(18)28(39)24-22(13)30(45-21(38)12-17-9-14-7-15-10-16(8-14)19(17)11-15)26-27(36(2)3)29(40)25(33(35)43)32(42)34(26,44)31(24)41/h4-6,13-17,19,22,26-27,30,37,39,42,44H,7-12H2,1-3H3,(H2,35,43). The Morgan fingerprint density at radius 1 is 1.04 bits per heavy atom. The number of benzene rings is 1. The fourth-order valence-corrected chi connectivity index (χ4v) is 10.4. The minimum absolute atomic E-state index is 0.0140. The summed E-state index contributed by atoms with van der Waals surface area (Å²) >= 11 is 0. The third-order valence-corrected chi connectivity index (χ3v) is 12.1. The number of nitrogens with zero attached hydrogens (tertiary/aromatic N) is 1. The van der Waals surface area contributed by atoms with Gasteiger partial charge in [-0.2, -0.15) is 0 Å². The molecule has 45 heavy (non-hydrogen) atoms. The SMILES string of the molecule is CC1c2cccc(O)c2C(O)=C2C(=O)C3(O)C(O)=C(C(N)=O)C(=O)C(N(C)C)C3C(OC(=O)CC3CC4CC5CC(C4)C3C5)C21. The van der Waals surface area contributed by atoms with Crippen LogP contribution >= 0.6 is 0 Å². The zero-order valence-electron chi connectivity index (χ0n) is 25.6. The Morgan fingerprint density at radius 3 is 2.40 bits per heavy atom. The molecule has 6 N–H and O–H groups in total. The number of phenolic OH excluding ortho intramolecular Hbond substituents is 1. The number of carbonyl (C=O) groups is 4. The van der Waals surface area contributed by atoms with Gasteiger partial charge in [0, 0.05) is 17.9 Å². The van der Waals surface area contributed by atoms with Gasteiger partial charge < -0.3 is 30.9 Å². The topological polar surface area (TPSA) is 188 Å². The molecule has 11 nitrogen and oxygen atoms in total. The average molecular weight is 621 g/mol. The molecule has 0 saturated heterocycles. The molecule has 1 aromatic carbocycles. The first kappa shape index (κ1) is 30.0. The maximum Gasteiger partial charge on any atom is 0.306 e. The van der Waals surface area contributed by atoms with E-state index in [4.69, 9.17) is 10.5 Å². The molecule has 3 bridgehead atoms. The molecule has 0 radical (unpaired) electrons. The van der Waals surface area contributed by atoms with Crippen molar-refractivity contribution < 1.29 is 44.3 Å². The van der Waals surface area contributed by atoms with Crippen LogP contribution in [0.25, 0.3) is 5.76 Å². The summed E-state index contributed by atoms with van der Waals surface area (Å²) in [6, 6.07) is 3.23. The van der Waals surface area contributed by atoms with Gasteiger partial charge in [0.2, 0.25) is 5.78 Å². The molecule has 1 aromatic rings. The number of hydrogen-bond donors (Lipinski definition) is 5. The molecule has 11 atom stereocenters. The maximum atomic E-state index is 14.4. The number of phenols is 1. The molecule has 11 unspecified atom stereocenters. The summed E-state index contributed by atoms with van der Waals surface area (Å²) in [4.78, 5) is 56.0. The molecule has 0 heterocycles. The van der Waals surface area contributed by atoms with Gasteiger partial charge in [-0.25, -0.2) is 0 Å². The number of esters is 1. The molecule has 4 fully saturated rings. The molecule has 6 aliphatic rings. The van der Waals surface area contributed by atoms with E-state index in [0.717, 1.165) is 12.8 Å². The number of likely N-dealkylation sites (N-methyl/N-ethyl adjacent to an activating group) is 1. The van der Waals surface area contributed by atoms with Crippen LogP contribution in [-0.4, -0.2) is 80.6 Å². The van der Waals surface area contributed by atoms with E-state index in [9.17, 15) is 39.6 Å². The second-order valence-corrected chi connectivity index (χ2v) is 14.6. The van der Waals surface area contributed by atoms with E-state index in [1.807, 2.05) is 0 Å². The number of nitrogens with two attached hydrogens (primary N) is 1. The number of hydrogen-bond acceptors (Lipinski definition) is 10.